The minimum absolute atomic E-state index is 0. The lowest BCUT2D eigenvalue weighted by atomic mass is 9.99. The lowest BCUT2D eigenvalue weighted by Crippen LogP contribution is -2.46. The second-order valence-electron chi connectivity index (χ2n) is 7.74. The monoisotopic (exact) mass is 482 g/mol. The van der Waals surface area contributed by atoms with Crippen molar-refractivity contribution in [3.63, 3.8) is 0 Å². The Kier molecular flexibility index (Phi) is 9.27. The van der Waals surface area contributed by atoms with Gasteiger partial charge in [-0.25, -0.2) is 8.42 Å². The number of rotatable bonds is 6. The van der Waals surface area contributed by atoms with E-state index in [1.807, 2.05) is 19.2 Å². The molecule has 1 fully saturated rings. The van der Waals surface area contributed by atoms with Crippen LogP contribution in [0.4, 0.5) is 11.4 Å². The van der Waals surface area contributed by atoms with E-state index in [2.05, 4.69) is 41.5 Å². The van der Waals surface area contributed by atoms with Crippen molar-refractivity contribution in [2.24, 2.45) is 0 Å². The fraction of sp³-hybridized carbons (Fsp3) is 0.409. The lowest BCUT2D eigenvalue weighted by Gasteiger charge is -2.31. The van der Waals surface area contributed by atoms with E-state index in [0.717, 1.165) is 30.9 Å². The number of anilines is 2. The molecule has 1 aliphatic heterocycles. The first-order valence-electron chi connectivity index (χ1n) is 10.3. The minimum atomic E-state index is -3.46. The van der Waals surface area contributed by atoms with Gasteiger partial charge in [-0.05, 0) is 73.6 Å². The van der Waals surface area contributed by atoms with E-state index in [1.54, 1.807) is 28.6 Å². The van der Waals surface area contributed by atoms with Gasteiger partial charge in [0.2, 0.25) is 10.0 Å². The summed E-state index contributed by atoms with van der Waals surface area (Å²) >= 11 is 5.39. The van der Waals surface area contributed by atoms with Gasteiger partial charge in [0.25, 0.3) is 0 Å². The predicted molar refractivity (Wildman–Crippen MR) is 135 cm³/mol. The third-order valence-corrected chi connectivity index (χ3v) is 7.68. The Bertz CT molecular complexity index is 958. The first-order chi connectivity index (χ1) is 14.3. The number of likely N-dealkylation sites (N-methyl/N-ethyl adjacent to an activating group) is 1. The van der Waals surface area contributed by atoms with Crippen LogP contribution >= 0.6 is 24.6 Å². The molecule has 0 amide bonds. The third-order valence-electron chi connectivity index (χ3n) is 5.56. The normalized spacial score (nSPS) is 16.2. The molecule has 1 saturated heterocycles. The van der Waals surface area contributed by atoms with Gasteiger partial charge in [-0.15, -0.1) is 12.4 Å². The SMILES string of the molecule is CCC(C)c1ccc(NC(=S)Nc2ccc(S(=O)(=O)N3CCN(C)CC3)cc2)cc1.Cl. The number of halogens is 1. The van der Waals surface area contributed by atoms with Crippen LogP contribution in [0.25, 0.3) is 0 Å². The Morgan fingerprint density at radius 1 is 0.968 bits per heavy atom. The third kappa shape index (κ3) is 6.63. The summed E-state index contributed by atoms with van der Waals surface area (Å²) in [7, 11) is -1.46. The predicted octanol–water partition coefficient (Wildman–Crippen LogP) is 4.37. The quantitative estimate of drug-likeness (QED) is 0.596. The fourth-order valence-corrected chi connectivity index (χ4v) is 4.97. The van der Waals surface area contributed by atoms with Crippen LogP contribution in [-0.2, 0) is 10.0 Å². The van der Waals surface area contributed by atoms with E-state index in [-0.39, 0.29) is 12.4 Å². The molecule has 31 heavy (non-hydrogen) atoms. The van der Waals surface area contributed by atoms with Gasteiger partial charge in [0.1, 0.15) is 0 Å². The zero-order chi connectivity index (χ0) is 21.7. The standard InChI is InChI=1S/C22H30N4O2S2.ClH/c1-4-17(2)18-5-7-19(8-6-18)23-22(29)24-20-9-11-21(12-10-20)30(27,28)26-15-13-25(3)14-16-26;/h5-12,17H,4,13-16H2,1-3H3,(H2,23,24,29);1H. The van der Waals surface area contributed by atoms with E-state index in [9.17, 15) is 8.42 Å². The minimum Gasteiger partial charge on any atom is -0.332 e. The van der Waals surface area contributed by atoms with Crippen molar-refractivity contribution in [1.29, 1.82) is 0 Å². The van der Waals surface area contributed by atoms with E-state index in [4.69, 9.17) is 12.2 Å². The molecule has 2 aromatic rings. The van der Waals surface area contributed by atoms with Crippen LogP contribution in [0, 0.1) is 0 Å². The second-order valence-corrected chi connectivity index (χ2v) is 10.1. The Hall–Kier alpha value is -1.71. The Morgan fingerprint density at radius 3 is 1.94 bits per heavy atom. The molecule has 0 aromatic heterocycles. The molecule has 0 radical (unpaired) electrons. The summed E-state index contributed by atoms with van der Waals surface area (Å²) in [4.78, 5) is 2.43. The van der Waals surface area contributed by atoms with Crippen LogP contribution < -0.4 is 10.6 Å². The number of thiocarbonyl (C=S) groups is 1. The molecule has 2 aromatic carbocycles. The highest BCUT2D eigenvalue weighted by Crippen LogP contribution is 2.22. The summed E-state index contributed by atoms with van der Waals surface area (Å²) in [5.41, 5.74) is 2.95. The van der Waals surface area contributed by atoms with Crippen LogP contribution in [-0.4, -0.2) is 56.0 Å². The summed E-state index contributed by atoms with van der Waals surface area (Å²) < 4.78 is 27.2. The highest BCUT2D eigenvalue weighted by molar-refractivity contribution is 7.89. The van der Waals surface area contributed by atoms with Crippen molar-refractivity contribution in [3.8, 4) is 0 Å². The van der Waals surface area contributed by atoms with Crippen LogP contribution in [0.3, 0.4) is 0 Å². The number of sulfonamides is 1. The maximum Gasteiger partial charge on any atom is 0.243 e. The number of nitrogens with zero attached hydrogens (tertiary/aromatic N) is 2. The first-order valence-corrected chi connectivity index (χ1v) is 12.1. The van der Waals surface area contributed by atoms with Crippen molar-refractivity contribution in [3.05, 3.63) is 54.1 Å². The Labute approximate surface area is 197 Å². The van der Waals surface area contributed by atoms with Crippen LogP contribution in [0.2, 0.25) is 0 Å². The summed E-state index contributed by atoms with van der Waals surface area (Å²) in [6, 6.07) is 15.0. The fourth-order valence-electron chi connectivity index (χ4n) is 3.31. The average molecular weight is 483 g/mol. The van der Waals surface area contributed by atoms with Crippen molar-refractivity contribution >= 4 is 51.1 Å². The molecule has 1 atom stereocenters. The van der Waals surface area contributed by atoms with Gasteiger partial charge in [-0.1, -0.05) is 26.0 Å². The summed E-state index contributed by atoms with van der Waals surface area (Å²) in [6.45, 7) is 6.92. The molecule has 3 rings (SSSR count). The number of hydrogen-bond acceptors (Lipinski definition) is 4. The topological polar surface area (TPSA) is 64.7 Å². The van der Waals surface area contributed by atoms with E-state index >= 15 is 0 Å². The van der Waals surface area contributed by atoms with E-state index in [1.165, 1.54) is 5.56 Å². The number of nitrogens with one attached hydrogen (secondary N) is 2. The summed E-state index contributed by atoms with van der Waals surface area (Å²) in [6.07, 6.45) is 1.10. The van der Waals surface area contributed by atoms with Crippen molar-refractivity contribution in [1.82, 2.24) is 9.21 Å². The first kappa shape index (κ1) is 25.5. The van der Waals surface area contributed by atoms with E-state index in [0.29, 0.717) is 29.0 Å². The molecule has 0 bridgehead atoms. The van der Waals surface area contributed by atoms with Gasteiger partial charge in [-0.2, -0.15) is 4.31 Å². The molecular weight excluding hydrogens is 452 g/mol. The van der Waals surface area contributed by atoms with Gasteiger partial charge in [-0.3, -0.25) is 0 Å². The maximum absolute atomic E-state index is 12.8. The average Bonchev–Trinajstić information content (AvgIpc) is 2.74. The summed E-state index contributed by atoms with van der Waals surface area (Å²) in [5.74, 6) is 0.532. The highest BCUT2D eigenvalue weighted by Gasteiger charge is 2.27. The molecule has 9 heteroatoms. The molecule has 0 aliphatic carbocycles. The molecular formula is C22H31ClN4O2S2. The molecule has 0 saturated carbocycles. The van der Waals surface area contributed by atoms with Crippen LogP contribution in [0.1, 0.15) is 31.7 Å². The van der Waals surface area contributed by atoms with Crippen molar-refractivity contribution in [2.75, 3.05) is 43.9 Å². The Morgan fingerprint density at radius 2 is 1.45 bits per heavy atom. The molecule has 0 spiro atoms. The van der Waals surface area contributed by atoms with Gasteiger partial charge >= 0.3 is 0 Å². The van der Waals surface area contributed by atoms with Crippen LogP contribution in [0.15, 0.2) is 53.4 Å². The molecule has 6 nitrogen and oxygen atoms in total. The maximum atomic E-state index is 12.8. The molecule has 1 aliphatic rings. The molecule has 1 heterocycles. The largest absolute Gasteiger partial charge is 0.332 e. The van der Waals surface area contributed by atoms with Gasteiger partial charge in [0, 0.05) is 37.6 Å². The highest BCUT2D eigenvalue weighted by atomic mass is 35.5. The molecule has 2 N–H and O–H groups in total. The number of benzene rings is 2. The second kappa shape index (κ2) is 11.2. The number of piperazine rings is 1. The van der Waals surface area contributed by atoms with Gasteiger partial charge < -0.3 is 15.5 Å². The molecule has 170 valence electrons. The van der Waals surface area contributed by atoms with Crippen molar-refractivity contribution in [2.45, 2.75) is 31.1 Å². The number of hydrogen-bond donors (Lipinski definition) is 2. The van der Waals surface area contributed by atoms with E-state index < -0.39 is 10.0 Å². The summed E-state index contributed by atoms with van der Waals surface area (Å²) in [5, 5.41) is 6.73. The van der Waals surface area contributed by atoms with Crippen LogP contribution in [0.5, 0.6) is 0 Å². The molecule has 1 unspecified atom stereocenters. The zero-order valence-electron chi connectivity index (χ0n) is 18.2. The lowest BCUT2D eigenvalue weighted by molar-refractivity contribution is 0.222. The zero-order valence-corrected chi connectivity index (χ0v) is 20.6. The smallest absolute Gasteiger partial charge is 0.243 e. The van der Waals surface area contributed by atoms with Gasteiger partial charge in [0.05, 0.1) is 4.90 Å². The van der Waals surface area contributed by atoms with Gasteiger partial charge in [0.15, 0.2) is 5.11 Å². The Balaban J connectivity index is 0.00000341. The van der Waals surface area contributed by atoms with Crippen molar-refractivity contribution < 1.29 is 8.42 Å².